The maximum absolute atomic E-state index is 11.0. The highest BCUT2D eigenvalue weighted by Gasteiger charge is 2.24. The van der Waals surface area contributed by atoms with Gasteiger partial charge in [-0.15, -0.1) is 0 Å². The molecular weight excluding hydrogens is 230 g/mol. The van der Waals surface area contributed by atoms with Crippen molar-refractivity contribution < 1.29 is 13.2 Å². The summed E-state index contributed by atoms with van der Waals surface area (Å²) in [6.45, 7) is 0. The third-order valence-electron chi connectivity index (χ3n) is 2.01. The van der Waals surface area contributed by atoms with Crippen LogP contribution in [0.1, 0.15) is 12.8 Å². The van der Waals surface area contributed by atoms with E-state index in [1.807, 2.05) is 0 Å². The Balaban J connectivity index is 2.14. The van der Waals surface area contributed by atoms with Crippen molar-refractivity contribution in [2.75, 3.05) is 16.7 Å². The summed E-state index contributed by atoms with van der Waals surface area (Å²) in [6, 6.07) is 1.44. The molecule has 0 bridgehead atoms. The number of nitrogens with one attached hydrogen (secondary N) is 1. The van der Waals surface area contributed by atoms with Gasteiger partial charge in [0.15, 0.2) is 5.75 Å². The molecule has 0 radical (unpaired) electrons. The van der Waals surface area contributed by atoms with E-state index in [9.17, 15) is 8.42 Å². The lowest BCUT2D eigenvalue weighted by Gasteiger charge is -2.09. The molecule has 0 saturated heterocycles. The van der Waals surface area contributed by atoms with Gasteiger partial charge < -0.3 is 10.5 Å². The molecule has 0 unspecified atom stereocenters. The van der Waals surface area contributed by atoms with Gasteiger partial charge in [-0.3, -0.25) is 4.72 Å². The summed E-state index contributed by atoms with van der Waals surface area (Å²) in [5.41, 5.74) is 6.10. The summed E-state index contributed by atoms with van der Waals surface area (Å²) in [4.78, 5) is 3.91. The smallest absolute Gasteiger partial charge is 0.230 e. The molecule has 7 heteroatoms. The fourth-order valence-corrected chi connectivity index (χ4v) is 1.66. The van der Waals surface area contributed by atoms with Crippen molar-refractivity contribution in [3.05, 3.63) is 12.3 Å². The Labute approximate surface area is 93.9 Å². The van der Waals surface area contributed by atoms with Crippen LogP contribution in [-0.2, 0) is 10.0 Å². The second kappa shape index (κ2) is 3.82. The Morgan fingerprint density at radius 3 is 2.75 bits per heavy atom. The molecule has 0 spiro atoms. The van der Waals surface area contributed by atoms with Gasteiger partial charge in [-0.2, -0.15) is 0 Å². The number of hydrogen-bond donors (Lipinski definition) is 2. The van der Waals surface area contributed by atoms with Crippen LogP contribution >= 0.6 is 0 Å². The second-order valence-corrected chi connectivity index (χ2v) is 5.55. The van der Waals surface area contributed by atoms with E-state index in [1.165, 1.54) is 12.3 Å². The zero-order valence-corrected chi connectivity index (χ0v) is 9.62. The van der Waals surface area contributed by atoms with Crippen LogP contribution in [0.4, 0.5) is 11.5 Å². The Kier molecular flexibility index (Phi) is 2.63. The highest BCUT2D eigenvalue weighted by Crippen LogP contribution is 2.30. The fraction of sp³-hybridized carbons (Fsp3) is 0.444. The van der Waals surface area contributed by atoms with Crippen molar-refractivity contribution in [2.24, 2.45) is 0 Å². The summed E-state index contributed by atoms with van der Waals surface area (Å²) in [5.74, 6) is 0.699. The molecule has 3 N–H and O–H groups in total. The number of pyridine rings is 1. The molecule has 0 aromatic carbocycles. The summed E-state index contributed by atoms with van der Waals surface area (Å²) in [7, 11) is -3.33. The zero-order chi connectivity index (χ0) is 11.8. The maximum Gasteiger partial charge on any atom is 0.230 e. The summed E-state index contributed by atoms with van der Waals surface area (Å²) in [6.07, 6.45) is 4.78. The van der Waals surface area contributed by atoms with Crippen molar-refractivity contribution in [1.29, 1.82) is 0 Å². The van der Waals surface area contributed by atoms with E-state index in [0.717, 1.165) is 19.1 Å². The van der Waals surface area contributed by atoms with E-state index in [0.29, 0.717) is 11.4 Å². The summed E-state index contributed by atoms with van der Waals surface area (Å²) in [5, 5.41) is 0. The topological polar surface area (TPSA) is 94.3 Å². The van der Waals surface area contributed by atoms with Crippen LogP contribution in [0, 0.1) is 0 Å². The van der Waals surface area contributed by atoms with Gasteiger partial charge in [0.2, 0.25) is 10.0 Å². The maximum atomic E-state index is 11.0. The van der Waals surface area contributed by atoms with E-state index in [-0.39, 0.29) is 11.9 Å². The number of ether oxygens (including phenoxy) is 1. The molecule has 1 heterocycles. The lowest BCUT2D eigenvalue weighted by atomic mass is 10.4. The van der Waals surface area contributed by atoms with Gasteiger partial charge in [-0.25, -0.2) is 13.4 Å². The first-order valence-electron chi connectivity index (χ1n) is 4.84. The van der Waals surface area contributed by atoms with Gasteiger partial charge >= 0.3 is 0 Å². The average Bonchev–Trinajstić information content (AvgIpc) is 2.90. The molecule has 1 aromatic heterocycles. The standard InChI is InChI=1S/C9H13N3O3S/c1-16(13,14)12-9-4-7(10)8(5-11-9)15-6-2-3-6/h4-6H,2-3H2,1H3,(H3,10,11,12). The number of sulfonamides is 1. The van der Waals surface area contributed by atoms with Crippen LogP contribution in [0.3, 0.4) is 0 Å². The molecule has 1 aliphatic carbocycles. The Morgan fingerprint density at radius 1 is 1.56 bits per heavy atom. The lowest BCUT2D eigenvalue weighted by molar-refractivity contribution is 0.304. The van der Waals surface area contributed by atoms with Crippen LogP contribution in [0.5, 0.6) is 5.75 Å². The zero-order valence-electron chi connectivity index (χ0n) is 8.80. The van der Waals surface area contributed by atoms with Crippen molar-refractivity contribution in [3.8, 4) is 5.75 Å². The highest BCUT2D eigenvalue weighted by molar-refractivity contribution is 7.92. The second-order valence-electron chi connectivity index (χ2n) is 3.80. The largest absolute Gasteiger partial charge is 0.487 e. The first-order valence-corrected chi connectivity index (χ1v) is 6.73. The van der Waals surface area contributed by atoms with E-state index in [4.69, 9.17) is 10.5 Å². The average molecular weight is 243 g/mol. The molecule has 0 atom stereocenters. The summed E-state index contributed by atoms with van der Waals surface area (Å²) >= 11 is 0. The van der Waals surface area contributed by atoms with Gasteiger partial charge in [0.25, 0.3) is 0 Å². The van der Waals surface area contributed by atoms with E-state index >= 15 is 0 Å². The predicted octanol–water partition coefficient (Wildman–Crippen LogP) is 0.576. The van der Waals surface area contributed by atoms with Gasteiger partial charge in [0, 0.05) is 6.07 Å². The SMILES string of the molecule is CS(=O)(=O)Nc1cc(N)c(OC2CC2)cn1. The first kappa shape index (κ1) is 11.0. The van der Waals surface area contributed by atoms with Crippen LogP contribution in [0.15, 0.2) is 12.3 Å². The summed E-state index contributed by atoms with van der Waals surface area (Å²) < 4.78 is 29.6. The molecule has 16 heavy (non-hydrogen) atoms. The van der Waals surface area contributed by atoms with Gasteiger partial charge in [0.05, 0.1) is 24.2 Å². The van der Waals surface area contributed by atoms with E-state index < -0.39 is 10.0 Å². The molecule has 1 saturated carbocycles. The number of rotatable bonds is 4. The Bertz CT molecular complexity index is 497. The van der Waals surface area contributed by atoms with Crippen LogP contribution in [-0.4, -0.2) is 25.8 Å². The molecule has 1 fully saturated rings. The molecule has 0 amide bonds. The quantitative estimate of drug-likeness (QED) is 0.806. The van der Waals surface area contributed by atoms with Crippen molar-refractivity contribution >= 4 is 21.5 Å². The van der Waals surface area contributed by atoms with Crippen LogP contribution in [0.25, 0.3) is 0 Å². The number of nitrogens with two attached hydrogens (primary N) is 1. The molecule has 2 rings (SSSR count). The van der Waals surface area contributed by atoms with Crippen molar-refractivity contribution in [1.82, 2.24) is 4.98 Å². The molecule has 0 aliphatic heterocycles. The minimum absolute atomic E-state index is 0.197. The third-order valence-corrected chi connectivity index (χ3v) is 2.59. The lowest BCUT2D eigenvalue weighted by Crippen LogP contribution is -2.11. The Hall–Kier alpha value is -1.50. The number of aromatic nitrogens is 1. The van der Waals surface area contributed by atoms with Gasteiger partial charge in [0.1, 0.15) is 5.82 Å². The predicted molar refractivity (Wildman–Crippen MR) is 60.8 cm³/mol. The third kappa shape index (κ3) is 2.99. The first-order chi connectivity index (χ1) is 7.44. The monoisotopic (exact) mass is 243 g/mol. The number of nitrogen functional groups attached to an aromatic ring is 1. The van der Waals surface area contributed by atoms with Crippen LogP contribution in [0.2, 0.25) is 0 Å². The van der Waals surface area contributed by atoms with E-state index in [2.05, 4.69) is 9.71 Å². The number of anilines is 2. The molecule has 88 valence electrons. The van der Waals surface area contributed by atoms with Crippen LogP contribution < -0.4 is 15.2 Å². The minimum atomic E-state index is -3.33. The number of hydrogen-bond acceptors (Lipinski definition) is 5. The number of nitrogens with zero attached hydrogens (tertiary/aromatic N) is 1. The molecule has 1 aliphatic rings. The fourth-order valence-electron chi connectivity index (χ4n) is 1.17. The highest BCUT2D eigenvalue weighted by atomic mass is 32.2. The van der Waals surface area contributed by atoms with E-state index in [1.54, 1.807) is 0 Å². The Morgan fingerprint density at radius 2 is 2.25 bits per heavy atom. The van der Waals surface area contributed by atoms with Crippen molar-refractivity contribution in [3.63, 3.8) is 0 Å². The van der Waals surface area contributed by atoms with Gasteiger partial charge in [-0.05, 0) is 12.8 Å². The molecular formula is C9H13N3O3S. The molecule has 1 aromatic rings. The molecule has 6 nitrogen and oxygen atoms in total. The van der Waals surface area contributed by atoms with Crippen molar-refractivity contribution in [2.45, 2.75) is 18.9 Å². The normalized spacial score (nSPS) is 15.8. The minimum Gasteiger partial charge on any atom is -0.487 e. The van der Waals surface area contributed by atoms with Gasteiger partial charge in [-0.1, -0.05) is 0 Å².